The number of amides is 1. The summed E-state index contributed by atoms with van der Waals surface area (Å²) in [5.74, 6) is 0.953. The Bertz CT molecular complexity index is 743. The number of nitrogens with zero attached hydrogens (tertiary/aromatic N) is 2. The van der Waals surface area contributed by atoms with Gasteiger partial charge in [0.25, 0.3) is 0 Å². The molecule has 0 atom stereocenters. The van der Waals surface area contributed by atoms with E-state index < -0.39 is 0 Å². The molecule has 27 heavy (non-hydrogen) atoms. The molecule has 1 amide bonds. The molecule has 0 spiro atoms. The molecule has 0 saturated carbocycles. The SMILES string of the molecule is CCCN1CCN(C(=O)Cc2cc(Br)ccc2OCc2ccccc2)CC1. The lowest BCUT2D eigenvalue weighted by Gasteiger charge is -2.34. The molecule has 2 aromatic carbocycles. The fourth-order valence-electron chi connectivity index (χ4n) is 3.37. The minimum absolute atomic E-state index is 0.175. The van der Waals surface area contributed by atoms with E-state index in [1.165, 1.54) is 0 Å². The minimum atomic E-state index is 0.175. The van der Waals surface area contributed by atoms with E-state index in [2.05, 4.69) is 27.8 Å². The number of carbonyl (C=O) groups excluding carboxylic acids is 1. The summed E-state index contributed by atoms with van der Waals surface area (Å²) in [6, 6.07) is 16.0. The Kier molecular flexibility index (Phi) is 7.30. The summed E-state index contributed by atoms with van der Waals surface area (Å²) in [4.78, 5) is 17.2. The first kappa shape index (κ1) is 19.9. The molecular weight excluding hydrogens is 404 g/mol. The third kappa shape index (κ3) is 5.81. The second kappa shape index (κ2) is 9.90. The van der Waals surface area contributed by atoms with Gasteiger partial charge in [-0.25, -0.2) is 0 Å². The van der Waals surface area contributed by atoms with Crippen LogP contribution in [0.3, 0.4) is 0 Å². The quantitative estimate of drug-likeness (QED) is 0.661. The van der Waals surface area contributed by atoms with E-state index in [4.69, 9.17) is 4.74 Å². The number of benzene rings is 2. The maximum absolute atomic E-state index is 12.8. The highest BCUT2D eigenvalue weighted by atomic mass is 79.9. The summed E-state index contributed by atoms with van der Waals surface area (Å²) in [6.07, 6.45) is 1.53. The molecule has 0 aliphatic carbocycles. The highest BCUT2D eigenvalue weighted by Crippen LogP contribution is 2.25. The monoisotopic (exact) mass is 430 g/mol. The van der Waals surface area contributed by atoms with Crippen LogP contribution in [0.2, 0.25) is 0 Å². The van der Waals surface area contributed by atoms with E-state index in [1.54, 1.807) is 0 Å². The van der Waals surface area contributed by atoms with Crippen molar-refractivity contribution in [3.05, 3.63) is 64.1 Å². The van der Waals surface area contributed by atoms with Crippen molar-refractivity contribution in [1.29, 1.82) is 0 Å². The zero-order valence-corrected chi connectivity index (χ0v) is 17.5. The zero-order chi connectivity index (χ0) is 19.1. The predicted octanol–water partition coefficient (Wildman–Crippen LogP) is 4.12. The molecule has 0 bridgehead atoms. The Balaban J connectivity index is 1.62. The van der Waals surface area contributed by atoms with E-state index in [1.807, 2.05) is 53.4 Å². The average Bonchev–Trinajstić information content (AvgIpc) is 2.69. The lowest BCUT2D eigenvalue weighted by atomic mass is 10.1. The van der Waals surface area contributed by atoms with Crippen LogP contribution in [0.4, 0.5) is 0 Å². The van der Waals surface area contributed by atoms with Crippen LogP contribution in [-0.4, -0.2) is 48.4 Å². The summed E-state index contributed by atoms with van der Waals surface area (Å²) >= 11 is 3.52. The van der Waals surface area contributed by atoms with Crippen LogP contribution < -0.4 is 4.74 Å². The third-order valence-corrected chi connectivity index (χ3v) is 5.36. The normalized spacial score (nSPS) is 15.0. The minimum Gasteiger partial charge on any atom is -0.489 e. The van der Waals surface area contributed by atoms with Crippen LogP contribution in [0, 0.1) is 0 Å². The predicted molar refractivity (Wildman–Crippen MR) is 112 cm³/mol. The molecule has 1 fully saturated rings. The van der Waals surface area contributed by atoms with Crippen molar-refractivity contribution in [2.24, 2.45) is 0 Å². The van der Waals surface area contributed by atoms with Crippen molar-refractivity contribution < 1.29 is 9.53 Å². The molecule has 4 nitrogen and oxygen atoms in total. The lowest BCUT2D eigenvalue weighted by molar-refractivity contribution is -0.132. The molecule has 0 unspecified atom stereocenters. The van der Waals surface area contributed by atoms with Gasteiger partial charge < -0.3 is 9.64 Å². The van der Waals surface area contributed by atoms with Gasteiger partial charge in [0.15, 0.2) is 0 Å². The van der Waals surface area contributed by atoms with Crippen LogP contribution in [0.5, 0.6) is 5.75 Å². The van der Waals surface area contributed by atoms with Crippen molar-refractivity contribution in [3.63, 3.8) is 0 Å². The summed E-state index contributed by atoms with van der Waals surface area (Å²) in [7, 11) is 0. The van der Waals surface area contributed by atoms with Crippen molar-refractivity contribution in [1.82, 2.24) is 9.80 Å². The Labute approximate surface area is 170 Å². The standard InChI is InChI=1S/C22H27BrN2O2/c1-2-10-24-11-13-25(14-12-24)22(26)16-19-15-20(23)8-9-21(19)27-17-18-6-4-3-5-7-18/h3-9,15H,2,10-14,16-17H2,1H3. The molecule has 1 saturated heterocycles. The summed E-state index contributed by atoms with van der Waals surface area (Å²) < 4.78 is 6.98. The van der Waals surface area contributed by atoms with Crippen molar-refractivity contribution >= 4 is 21.8 Å². The van der Waals surface area contributed by atoms with Gasteiger partial charge in [-0.05, 0) is 36.7 Å². The first-order valence-electron chi connectivity index (χ1n) is 9.61. The average molecular weight is 431 g/mol. The first-order valence-corrected chi connectivity index (χ1v) is 10.4. The second-order valence-corrected chi connectivity index (χ2v) is 7.84. The molecule has 1 heterocycles. The number of ether oxygens (including phenoxy) is 1. The van der Waals surface area contributed by atoms with Gasteiger partial charge in [0.05, 0.1) is 6.42 Å². The Morgan fingerprint density at radius 3 is 2.52 bits per heavy atom. The molecule has 1 aliphatic rings. The first-order chi connectivity index (χ1) is 13.2. The van der Waals surface area contributed by atoms with Crippen LogP contribution in [0.15, 0.2) is 53.0 Å². The maximum atomic E-state index is 12.8. The summed E-state index contributed by atoms with van der Waals surface area (Å²) in [5.41, 5.74) is 2.05. The second-order valence-electron chi connectivity index (χ2n) is 6.93. The van der Waals surface area contributed by atoms with Gasteiger partial charge in [-0.3, -0.25) is 9.69 Å². The van der Waals surface area contributed by atoms with Crippen LogP contribution >= 0.6 is 15.9 Å². The number of hydrogen-bond acceptors (Lipinski definition) is 3. The molecule has 0 aromatic heterocycles. The maximum Gasteiger partial charge on any atom is 0.227 e. The molecule has 2 aromatic rings. The highest BCUT2D eigenvalue weighted by molar-refractivity contribution is 9.10. The van der Waals surface area contributed by atoms with Gasteiger partial charge in [0.2, 0.25) is 5.91 Å². The van der Waals surface area contributed by atoms with Crippen LogP contribution in [-0.2, 0) is 17.8 Å². The van der Waals surface area contributed by atoms with Gasteiger partial charge in [0, 0.05) is 36.2 Å². The van der Waals surface area contributed by atoms with E-state index >= 15 is 0 Å². The van der Waals surface area contributed by atoms with Gasteiger partial charge in [-0.2, -0.15) is 0 Å². The number of carbonyl (C=O) groups is 1. The number of rotatable bonds is 7. The number of halogens is 1. The van der Waals surface area contributed by atoms with E-state index in [0.717, 1.165) is 60.5 Å². The molecule has 144 valence electrons. The number of piperazine rings is 1. The third-order valence-electron chi connectivity index (χ3n) is 4.87. The topological polar surface area (TPSA) is 32.8 Å². The van der Waals surface area contributed by atoms with E-state index in [9.17, 15) is 4.79 Å². The number of hydrogen-bond donors (Lipinski definition) is 0. The molecule has 3 rings (SSSR count). The fraction of sp³-hybridized carbons (Fsp3) is 0.409. The van der Waals surface area contributed by atoms with Crippen molar-refractivity contribution in [2.45, 2.75) is 26.4 Å². The largest absolute Gasteiger partial charge is 0.489 e. The molecular formula is C22H27BrN2O2. The van der Waals surface area contributed by atoms with Gasteiger partial charge in [0.1, 0.15) is 12.4 Å². The van der Waals surface area contributed by atoms with E-state index in [0.29, 0.717) is 13.0 Å². The molecule has 0 N–H and O–H groups in total. The smallest absolute Gasteiger partial charge is 0.227 e. The van der Waals surface area contributed by atoms with Gasteiger partial charge in [-0.15, -0.1) is 0 Å². The highest BCUT2D eigenvalue weighted by Gasteiger charge is 2.21. The van der Waals surface area contributed by atoms with Gasteiger partial charge >= 0.3 is 0 Å². The van der Waals surface area contributed by atoms with Crippen LogP contribution in [0.1, 0.15) is 24.5 Å². The fourth-order valence-corrected chi connectivity index (χ4v) is 3.78. The van der Waals surface area contributed by atoms with Gasteiger partial charge in [-0.1, -0.05) is 53.2 Å². The summed E-state index contributed by atoms with van der Waals surface area (Å²) in [5, 5.41) is 0. The van der Waals surface area contributed by atoms with Crippen LogP contribution in [0.25, 0.3) is 0 Å². The molecule has 1 aliphatic heterocycles. The Morgan fingerprint density at radius 1 is 1.07 bits per heavy atom. The summed E-state index contributed by atoms with van der Waals surface area (Å²) in [6.45, 7) is 7.37. The zero-order valence-electron chi connectivity index (χ0n) is 15.9. The molecule has 0 radical (unpaired) electrons. The van der Waals surface area contributed by atoms with Crippen molar-refractivity contribution in [3.8, 4) is 5.75 Å². The van der Waals surface area contributed by atoms with E-state index in [-0.39, 0.29) is 5.91 Å². The molecule has 5 heteroatoms. The Hall–Kier alpha value is -1.85. The Morgan fingerprint density at radius 2 is 1.81 bits per heavy atom. The lowest BCUT2D eigenvalue weighted by Crippen LogP contribution is -2.49. The van der Waals surface area contributed by atoms with Crippen molar-refractivity contribution in [2.75, 3.05) is 32.7 Å².